The van der Waals surface area contributed by atoms with Gasteiger partial charge in [-0.2, -0.15) is 5.10 Å². The van der Waals surface area contributed by atoms with Crippen LogP contribution in [0.15, 0.2) is 12.3 Å². The highest BCUT2D eigenvalue weighted by molar-refractivity contribution is 5.71. The first-order valence-electron chi connectivity index (χ1n) is 5.98. The van der Waals surface area contributed by atoms with Crippen LogP contribution in [0.2, 0.25) is 0 Å². The first-order valence-corrected chi connectivity index (χ1v) is 5.98. The highest BCUT2D eigenvalue weighted by atomic mass is 16.4. The van der Waals surface area contributed by atoms with Crippen LogP contribution in [0.3, 0.4) is 0 Å². The molecule has 1 unspecified atom stereocenters. The van der Waals surface area contributed by atoms with Crippen molar-refractivity contribution in [1.29, 1.82) is 0 Å². The molecule has 0 amide bonds. The van der Waals surface area contributed by atoms with Crippen LogP contribution in [0.1, 0.15) is 46.4 Å². The number of hydrogen-bond donors (Lipinski definition) is 1. The van der Waals surface area contributed by atoms with E-state index >= 15 is 0 Å². The fraction of sp³-hybridized carbons (Fsp3) is 0.692. The van der Waals surface area contributed by atoms with E-state index in [1.54, 1.807) is 0 Å². The van der Waals surface area contributed by atoms with Gasteiger partial charge in [0.15, 0.2) is 0 Å². The third-order valence-electron chi connectivity index (χ3n) is 2.95. The van der Waals surface area contributed by atoms with Gasteiger partial charge in [-0.15, -0.1) is 0 Å². The summed E-state index contributed by atoms with van der Waals surface area (Å²) in [7, 11) is 0. The Bertz CT molecular complexity index is 388. The minimum Gasteiger partial charge on any atom is -0.481 e. The van der Waals surface area contributed by atoms with Crippen LogP contribution in [-0.2, 0) is 11.2 Å². The minimum atomic E-state index is -0.753. The van der Waals surface area contributed by atoms with Crippen LogP contribution >= 0.6 is 0 Å². The number of carboxylic acids is 1. The van der Waals surface area contributed by atoms with Crippen LogP contribution in [-0.4, -0.2) is 20.9 Å². The second-order valence-electron chi connectivity index (χ2n) is 5.84. The van der Waals surface area contributed by atoms with Gasteiger partial charge in [-0.1, -0.05) is 20.8 Å². The van der Waals surface area contributed by atoms with Crippen molar-refractivity contribution in [3.8, 4) is 0 Å². The lowest BCUT2D eigenvalue weighted by Crippen LogP contribution is -2.30. The molecule has 1 atom stereocenters. The molecule has 17 heavy (non-hydrogen) atoms. The fourth-order valence-electron chi connectivity index (χ4n) is 1.75. The van der Waals surface area contributed by atoms with Crippen molar-refractivity contribution < 1.29 is 9.90 Å². The van der Waals surface area contributed by atoms with E-state index in [2.05, 4.69) is 18.9 Å². The molecule has 1 heterocycles. The van der Waals surface area contributed by atoms with Gasteiger partial charge in [0.25, 0.3) is 0 Å². The summed E-state index contributed by atoms with van der Waals surface area (Å²) in [6.07, 6.45) is 2.39. The Morgan fingerprint density at radius 2 is 2.06 bits per heavy atom. The number of rotatable bonds is 4. The van der Waals surface area contributed by atoms with Crippen LogP contribution in [0.5, 0.6) is 0 Å². The third kappa shape index (κ3) is 3.58. The smallest absolute Gasteiger partial charge is 0.307 e. The molecule has 1 aromatic rings. The van der Waals surface area contributed by atoms with Gasteiger partial charge in [0.2, 0.25) is 0 Å². The first-order chi connectivity index (χ1) is 7.71. The molecule has 0 aromatic carbocycles. The summed E-state index contributed by atoms with van der Waals surface area (Å²) in [5, 5.41) is 13.7. The molecule has 1 N–H and O–H groups in total. The molecule has 0 spiro atoms. The lowest BCUT2D eigenvalue weighted by Gasteiger charge is -2.26. The Morgan fingerprint density at radius 1 is 1.47 bits per heavy atom. The van der Waals surface area contributed by atoms with E-state index in [1.165, 1.54) is 0 Å². The Morgan fingerprint density at radius 3 is 2.41 bits per heavy atom. The van der Waals surface area contributed by atoms with Crippen LogP contribution in [0.25, 0.3) is 0 Å². The van der Waals surface area contributed by atoms with E-state index in [1.807, 2.05) is 37.7 Å². The fourth-order valence-corrected chi connectivity index (χ4v) is 1.75. The van der Waals surface area contributed by atoms with Crippen molar-refractivity contribution in [2.45, 2.75) is 47.1 Å². The average molecular weight is 238 g/mol. The van der Waals surface area contributed by atoms with Crippen molar-refractivity contribution in [3.63, 3.8) is 0 Å². The number of hydrogen-bond acceptors (Lipinski definition) is 2. The molecule has 0 saturated carbocycles. The SMILES string of the molecule is CC(C)n1ccc(CC(C(=O)O)C(C)(C)C)n1. The molecule has 0 fully saturated rings. The van der Waals surface area contributed by atoms with E-state index in [0.717, 1.165) is 5.69 Å². The van der Waals surface area contributed by atoms with E-state index in [0.29, 0.717) is 12.5 Å². The molecule has 1 aromatic heterocycles. The zero-order chi connectivity index (χ0) is 13.2. The van der Waals surface area contributed by atoms with Crippen molar-refractivity contribution in [2.75, 3.05) is 0 Å². The molecule has 0 saturated heterocycles. The summed E-state index contributed by atoms with van der Waals surface area (Å²) in [5.74, 6) is -1.16. The molecule has 0 radical (unpaired) electrons. The number of aliphatic carboxylic acids is 1. The van der Waals surface area contributed by atoms with E-state index in [-0.39, 0.29) is 5.41 Å². The lowest BCUT2D eigenvalue weighted by atomic mass is 9.78. The van der Waals surface area contributed by atoms with Crippen molar-refractivity contribution >= 4 is 5.97 Å². The van der Waals surface area contributed by atoms with E-state index in [4.69, 9.17) is 0 Å². The standard InChI is InChI=1S/C13H22N2O2/c1-9(2)15-7-6-10(14-15)8-11(12(16)17)13(3,4)5/h6-7,9,11H,8H2,1-5H3,(H,16,17). The minimum absolute atomic E-state index is 0.257. The summed E-state index contributed by atoms with van der Waals surface area (Å²) in [4.78, 5) is 11.3. The van der Waals surface area contributed by atoms with Gasteiger partial charge in [0.1, 0.15) is 0 Å². The van der Waals surface area contributed by atoms with Crippen LogP contribution in [0, 0.1) is 11.3 Å². The Labute approximate surface area is 103 Å². The normalized spacial score (nSPS) is 14.0. The van der Waals surface area contributed by atoms with E-state index < -0.39 is 11.9 Å². The molecule has 0 bridgehead atoms. The van der Waals surface area contributed by atoms with Gasteiger partial charge >= 0.3 is 5.97 Å². The third-order valence-corrected chi connectivity index (χ3v) is 2.95. The summed E-state index contributed by atoms with van der Waals surface area (Å²) < 4.78 is 1.86. The zero-order valence-electron chi connectivity index (χ0n) is 11.3. The number of carbonyl (C=O) groups is 1. The number of aromatic nitrogens is 2. The molecule has 1 rings (SSSR count). The van der Waals surface area contributed by atoms with E-state index in [9.17, 15) is 9.90 Å². The number of carboxylic acid groups (broad SMARTS) is 1. The molecule has 96 valence electrons. The number of nitrogens with zero attached hydrogens (tertiary/aromatic N) is 2. The Balaban J connectivity index is 2.83. The van der Waals surface area contributed by atoms with Crippen molar-refractivity contribution in [1.82, 2.24) is 9.78 Å². The molecule has 0 aliphatic heterocycles. The predicted octanol–water partition coefficient (Wildman–Crippen LogP) is 2.75. The average Bonchev–Trinajstić information content (AvgIpc) is 2.59. The predicted molar refractivity (Wildman–Crippen MR) is 66.9 cm³/mol. The zero-order valence-corrected chi connectivity index (χ0v) is 11.3. The summed E-state index contributed by atoms with van der Waals surface area (Å²) in [6.45, 7) is 9.95. The van der Waals surface area contributed by atoms with Gasteiger partial charge in [0.05, 0.1) is 11.6 Å². The maximum absolute atomic E-state index is 11.3. The molecular weight excluding hydrogens is 216 g/mol. The van der Waals surface area contributed by atoms with Gasteiger partial charge in [-0.05, 0) is 25.3 Å². The lowest BCUT2D eigenvalue weighted by molar-refractivity contribution is -0.145. The highest BCUT2D eigenvalue weighted by Crippen LogP contribution is 2.29. The van der Waals surface area contributed by atoms with Crippen molar-refractivity contribution in [3.05, 3.63) is 18.0 Å². The van der Waals surface area contributed by atoms with Crippen LogP contribution in [0.4, 0.5) is 0 Å². The maximum atomic E-state index is 11.3. The van der Waals surface area contributed by atoms with Crippen LogP contribution < -0.4 is 0 Å². The highest BCUT2D eigenvalue weighted by Gasteiger charge is 2.31. The Kier molecular flexibility index (Phi) is 3.96. The second kappa shape index (κ2) is 4.90. The maximum Gasteiger partial charge on any atom is 0.307 e. The second-order valence-corrected chi connectivity index (χ2v) is 5.84. The van der Waals surface area contributed by atoms with Gasteiger partial charge in [0, 0.05) is 18.7 Å². The van der Waals surface area contributed by atoms with Gasteiger partial charge < -0.3 is 5.11 Å². The topological polar surface area (TPSA) is 55.1 Å². The Hall–Kier alpha value is -1.32. The molecule has 0 aliphatic rings. The van der Waals surface area contributed by atoms with Crippen molar-refractivity contribution in [2.24, 2.45) is 11.3 Å². The summed E-state index contributed by atoms with van der Waals surface area (Å²) in [5.41, 5.74) is 0.592. The molecule has 4 nitrogen and oxygen atoms in total. The summed E-state index contributed by atoms with van der Waals surface area (Å²) in [6, 6.07) is 2.21. The molecular formula is C13H22N2O2. The largest absolute Gasteiger partial charge is 0.481 e. The van der Waals surface area contributed by atoms with Gasteiger partial charge in [-0.25, -0.2) is 0 Å². The quantitative estimate of drug-likeness (QED) is 0.877. The first kappa shape index (κ1) is 13.7. The van der Waals surface area contributed by atoms with Gasteiger partial charge in [-0.3, -0.25) is 9.48 Å². The monoisotopic (exact) mass is 238 g/mol. The molecule has 0 aliphatic carbocycles. The molecule has 4 heteroatoms. The summed E-state index contributed by atoms with van der Waals surface area (Å²) >= 11 is 0.